The van der Waals surface area contributed by atoms with Crippen molar-refractivity contribution in [2.24, 2.45) is 0 Å². The van der Waals surface area contributed by atoms with Gasteiger partial charge in [0.15, 0.2) is 0 Å². The largest absolute Gasteiger partial charge is 0.463 e. The zero-order valence-electron chi connectivity index (χ0n) is 46.1. The lowest BCUT2D eigenvalue weighted by atomic mass is 10.0. The normalized spacial score (nSPS) is 12.3. The first-order chi connectivity index (χ1) is 33.6. The maximum Gasteiger partial charge on any atom is 0.305 e. The minimum atomic E-state index is -0.415. The summed E-state index contributed by atoms with van der Waals surface area (Å²) in [5.41, 5.74) is 0. The Kier molecular flexibility index (Phi) is 57.8. The van der Waals surface area contributed by atoms with E-state index in [-0.39, 0.29) is 25.2 Å². The third kappa shape index (κ3) is 56.7. The molecule has 400 valence electrons. The van der Waals surface area contributed by atoms with Crippen LogP contribution in [0.3, 0.4) is 0 Å². The first-order valence-corrected chi connectivity index (χ1v) is 30.5. The van der Waals surface area contributed by atoms with Gasteiger partial charge in [0.1, 0.15) is 19.3 Å². The molecule has 68 heavy (non-hydrogen) atoms. The van der Waals surface area contributed by atoms with Crippen LogP contribution in [0.2, 0.25) is 0 Å². The topological polar surface area (TPSA) is 61.8 Å². The van der Waals surface area contributed by atoms with Crippen molar-refractivity contribution in [2.75, 3.05) is 19.8 Å². The van der Waals surface area contributed by atoms with Crippen molar-refractivity contribution >= 4 is 11.9 Å². The summed E-state index contributed by atoms with van der Waals surface area (Å²) in [4.78, 5) is 25.3. The molecular weight excluding hydrogens is 837 g/mol. The number of allylic oxidation sites excluding steroid dienone is 6. The Labute approximate surface area is 425 Å². The van der Waals surface area contributed by atoms with E-state index in [2.05, 4.69) is 57.2 Å². The molecule has 0 amide bonds. The van der Waals surface area contributed by atoms with Gasteiger partial charge in [0, 0.05) is 19.4 Å². The number of esters is 2. The predicted molar refractivity (Wildman–Crippen MR) is 298 cm³/mol. The van der Waals surface area contributed by atoms with Crippen molar-refractivity contribution in [3.63, 3.8) is 0 Å². The third-order valence-corrected chi connectivity index (χ3v) is 13.7. The Bertz CT molecular complexity index is 1080. The summed E-state index contributed by atoms with van der Waals surface area (Å²) in [6, 6.07) is 0. The average molecular weight is 956 g/mol. The Morgan fingerprint density at radius 1 is 0.309 bits per heavy atom. The fraction of sp³-hybridized carbons (Fsp3) is 0.873. The van der Waals surface area contributed by atoms with Crippen molar-refractivity contribution < 1.29 is 23.8 Å². The van der Waals surface area contributed by atoms with Crippen molar-refractivity contribution in [1.82, 2.24) is 0 Å². The fourth-order valence-electron chi connectivity index (χ4n) is 9.09. The molecule has 0 rings (SSSR count). The van der Waals surface area contributed by atoms with Crippen molar-refractivity contribution in [3.8, 4) is 0 Å². The molecule has 5 nitrogen and oxygen atoms in total. The number of carbonyl (C=O) groups excluding carboxylic acids is 2. The van der Waals surface area contributed by atoms with Gasteiger partial charge >= 0.3 is 11.9 Å². The lowest BCUT2D eigenvalue weighted by Gasteiger charge is -2.18. The van der Waals surface area contributed by atoms with Crippen LogP contribution in [-0.2, 0) is 23.8 Å². The highest BCUT2D eigenvalue weighted by Crippen LogP contribution is 2.17. The molecule has 5 heteroatoms. The smallest absolute Gasteiger partial charge is 0.305 e. The number of carbonyl (C=O) groups is 2. The molecule has 0 aromatic heterocycles. The second kappa shape index (κ2) is 59.4. The monoisotopic (exact) mass is 955 g/mol. The van der Waals surface area contributed by atoms with Gasteiger partial charge in [-0.2, -0.15) is 0 Å². The summed E-state index contributed by atoms with van der Waals surface area (Å²) >= 11 is 0. The fourth-order valence-corrected chi connectivity index (χ4v) is 9.09. The van der Waals surface area contributed by atoms with Crippen LogP contribution in [0.15, 0.2) is 36.5 Å². The van der Waals surface area contributed by atoms with Crippen LogP contribution in [0.25, 0.3) is 0 Å². The average Bonchev–Trinajstić information content (AvgIpc) is 3.34. The molecule has 0 heterocycles. The van der Waals surface area contributed by atoms with E-state index in [0.29, 0.717) is 19.4 Å². The number of hydrogen-bond acceptors (Lipinski definition) is 5. The minimum absolute atomic E-state index is 0.137. The van der Waals surface area contributed by atoms with Crippen LogP contribution in [0.1, 0.15) is 329 Å². The lowest BCUT2D eigenvalue weighted by molar-refractivity contribution is -0.155. The minimum Gasteiger partial charge on any atom is -0.463 e. The molecular formula is C63H118O5. The molecule has 0 radical (unpaired) electrons. The molecule has 0 unspecified atom stereocenters. The van der Waals surface area contributed by atoms with E-state index in [1.807, 2.05) is 0 Å². The molecule has 0 aliphatic carbocycles. The van der Waals surface area contributed by atoms with E-state index >= 15 is 0 Å². The summed E-state index contributed by atoms with van der Waals surface area (Å²) in [6.45, 7) is 7.74. The number of rotatable bonds is 57. The van der Waals surface area contributed by atoms with Gasteiger partial charge in [-0.25, -0.2) is 0 Å². The maximum atomic E-state index is 12.7. The maximum absolute atomic E-state index is 12.7. The Balaban J connectivity index is 4.26. The highest BCUT2D eigenvalue weighted by atomic mass is 16.6. The SMILES string of the molecule is CCCCCCCC/C=C\C/C=C\C/C=C\CCCC(=O)OC[C@H](COC(=O)CCCCCCCCCCCCCCCCCCCCC)OCCCCCCCCCCCCCCCCCC. The first kappa shape index (κ1) is 66.1. The summed E-state index contributed by atoms with van der Waals surface area (Å²) < 4.78 is 17.5. The zero-order valence-corrected chi connectivity index (χ0v) is 46.1. The third-order valence-electron chi connectivity index (χ3n) is 13.7. The summed E-state index contributed by atoms with van der Waals surface area (Å²) in [7, 11) is 0. The second-order valence-electron chi connectivity index (χ2n) is 20.6. The molecule has 0 aliphatic heterocycles. The van der Waals surface area contributed by atoms with Crippen LogP contribution >= 0.6 is 0 Å². The molecule has 0 fully saturated rings. The summed E-state index contributed by atoms with van der Waals surface area (Å²) in [6.07, 6.45) is 73.5. The number of unbranched alkanes of at least 4 members (excludes halogenated alkanes) is 40. The van der Waals surface area contributed by atoms with Crippen LogP contribution < -0.4 is 0 Å². The summed E-state index contributed by atoms with van der Waals surface area (Å²) in [5, 5.41) is 0. The molecule has 0 spiro atoms. The van der Waals surface area contributed by atoms with Crippen molar-refractivity contribution in [3.05, 3.63) is 36.5 Å². The van der Waals surface area contributed by atoms with E-state index in [4.69, 9.17) is 14.2 Å². The molecule has 0 aliphatic rings. The zero-order chi connectivity index (χ0) is 49.2. The van der Waals surface area contributed by atoms with E-state index in [9.17, 15) is 9.59 Å². The standard InChI is InChI=1S/C63H118O5/c1-4-7-10-13-16-19-22-25-28-31-32-34-36-39-42-45-48-51-54-57-63(65)68-60-61(66-58-55-52-49-46-43-40-37-30-27-24-21-18-15-12-9-6-3)59-67-62(64)56-53-50-47-44-41-38-35-33-29-26-23-20-17-14-11-8-5-2/h26,29,35,38,44,47,61H,4-25,27-28,30-34,36-37,39-43,45-46,48-60H2,1-3H3/b29-26-,38-35-,47-44-/t61-/m1/s1. The Morgan fingerprint density at radius 3 is 0.926 bits per heavy atom. The number of hydrogen-bond donors (Lipinski definition) is 0. The van der Waals surface area contributed by atoms with Crippen molar-refractivity contribution in [1.29, 1.82) is 0 Å². The molecule has 0 aromatic carbocycles. The van der Waals surface area contributed by atoms with E-state index < -0.39 is 6.10 Å². The number of ether oxygens (including phenoxy) is 3. The van der Waals surface area contributed by atoms with E-state index in [0.717, 1.165) is 51.4 Å². The highest BCUT2D eigenvalue weighted by Gasteiger charge is 2.16. The van der Waals surface area contributed by atoms with Gasteiger partial charge in [-0.3, -0.25) is 9.59 Å². The van der Waals surface area contributed by atoms with Gasteiger partial charge in [-0.1, -0.05) is 301 Å². The molecule has 1 atom stereocenters. The van der Waals surface area contributed by atoms with E-state index in [1.54, 1.807) is 0 Å². The first-order valence-electron chi connectivity index (χ1n) is 30.5. The Morgan fingerprint density at radius 2 is 0.574 bits per heavy atom. The van der Waals surface area contributed by atoms with Crippen LogP contribution in [0, 0.1) is 0 Å². The quantitative estimate of drug-likeness (QED) is 0.0345. The van der Waals surface area contributed by atoms with Gasteiger partial charge in [-0.15, -0.1) is 0 Å². The molecule has 0 saturated heterocycles. The second-order valence-corrected chi connectivity index (χ2v) is 20.6. The molecule has 0 N–H and O–H groups in total. The van der Waals surface area contributed by atoms with Crippen LogP contribution in [0.4, 0.5) is 0 Å². The van der Waals surface area contributed by atoms with Crippen molar-refractivity contribution in [2.45, 2.75) is 335 Å². The van der Waals surface area contributed by atoms with E-state index in [1.165, 1.54) is 244 Å². The molecule has 0 bridgehead atoms. The molecule has 0 saturated carbocycles. The molecule has 0 aromatic rings. The van der Waals surface area contributed by atoms with Gasteiger partial charge in [0.2, 0.25) is 0 Å². The lowest BCUT2D eigenvalue weighted by Crippen LogP contribution is -2.29. The summed E-state index contributed by atoms with van der Waals surface area (Å²) in [5.74, 6) is -0.372. The van der Waals surface area contributed by atoms with Crippen LogP contribution in [0.5, 0.6) is 0 Å². The van der Waals surface area contributed by atoms with Gasteiger partial charge in [-0.05, 0) is 51.4 Å². The Hall–Kier alpha value is -1.88. The van der Waals surface area contributed by atoms with Gasteiger partial charge in [0.05, 0.1) is 0 Å². The predicted octanol–water partition coefficient (Wildman–Crippen LogP) is 20.9. The van der Waals surface area contributed by atoms with Gasteiger partial charge < -0.3 is 14.2 Å². The van der Waals surface area contributed by atoms with Gasteiger partial charge in [0.25, 0.3) is 0 Å². The van der Waals surface area contributed by atoms with Crippen LogP contribution in [-0.4, -0.2) is 37.9 Å². The highest BCUT2D eigenvalue weighted by molar-refractivity contribution is 5.69.